The van der Waals surface area contributed by atoms with E-state index in [1.807, 2.05) is 10.9 Å². The number of rotatable bonds is 8. The summed E-state index contributed by atoms with van der Waals surface area (Å²) in [5.74, 6) is 0. The number of aryl methyl sites for hydroxylation is 1. The predicted octanol–water partition coefficient (Wildman–Crippen LogP) is 2.11. The molecule has 1 rings (SSSR count). The van der Waals surface area contributed by atoms with Crippen LogP contribution < -0.4 is 5.32 Å². The van der Waals surface area contributed by atoms with E-state index >= 15 is 0 Å². The number of hydrogen-bond acceptors (Lipinski definition) is 3. The van der Waals surface area contributed by atoms with Crippen molar-refractivity contribution in [1.29, 1.82) is 0 Å². The summed E-state index contributed by atoms with van der Waals surface area (Å²) in [4.78, 5) is 2.50. The SMILES string of the molecule is CCn1cc(CNCCN(C(C)C)C(C)C)cn1. The van der Waals surface area contributed by atoms with Crippen LogP contribution in [0.15, 0.2) is 12.4 Å². The molecule has 0 unspecified atom stereocenters. The second-order valence-electron chi connectivity index (χ2n) is 5.31. The molecule has 1 heterocycles. The minimum Gasteiger partial charge on any atom is -0.311 e. The Morgan fingerprint density at radius 2 is 1.94 bits per heavy atom. The number of nitrogens with zero attached hydrogens (tertiary/aromatic N) is 3. The molecule has 0 bridgehead atoms. The zero-order valence-corrected chi connectivity index (χ0v) is 12.5. The average Bonchev–Trinajstić information content (AvgIpc) is 2.75. The van der Waals surface area contributed by atoms with Crippen LogP contribution in [0.1, 0.15) is 40.2 Å². The van der Waals surface area contributed by atoms with Crippen molar-refractivity contribution in [3.8, 4) is 0 Å². The standard InChI is InChI=1S/C14H28N4/c1-6-17-11-14(10-16-17)9-15-7-8-18(12(2)3)13(4)5/h10-13,15H,6-9H2,1-5H3. The summed E-state index contributed by atoms with van der Waals surface area (Å²) in [6.07, 6.45) is 4.05. The number of hydrogen-bond donors (Lipinski definition) is 1. The molecule has 0 atom stereocenters. The Bertz CT molecular complexity index is 322. The summed E-state index contributed by atoms with van der Waals surface area (Å²) < 4.78 is 1.96. The first-order valence-corrected chi connectivity index (χ1v) is 7.02. The average molecular weight is 252 g/mol. The van der Waals surface area contributed by atoms with Crippen LogP contribution in [0.5, 0.6) is 0 Å². The summed E-state index contributed by atoms with van der Waals surface area (Å²) in [6, 6.07) is 1.21. The van der Waals surface area contributed by atoms with E-state index in [9.17, 15) is 0 Å². The summed E-state index contributed by atoms with van der Waals surface area (Å²) >= 11 is 0. The van der Waals surface area contributed by atoms with Crippen molar-refractivity contribution >= 4 is 0 Å². The maximum Gasteiger partial charge on any atom is 0.0534 e. The second-order valence-corrected chi connectivity index (χ2v) is 5.31. The Morgan fingerprint density at radius 1 is 1.28 bits per heavy atom. The predicted molar refractivity (Wildman–Crippen MR) is 76.6 cm³/mol. The first kappa shape index (κ1) is 15.2. The van der Waals surface area contributed by atoms with Gasteiger partial charge in [0, 0.05) is 50.0 Å². The van der Waals surface area contributed by atoms with Gasteiger partial charge in [0.1, 0.15) is 0 Å². The van der Waals surface area contributed by atoms with Crippen LogP contribution in [0.4, 0.5) is 0 Å². The molecule has 1 aromatic heterocycles. The molecule has 1 aromatic rings. The van der Waals surface area contributed by atoms with E-state index in [-0.39, 0.29) is 0 Å². The molecular formula is C14H28N4. The summed E-state index contributed by atoms with van der Waals surface area (Å²) in [5.41, 5.74) is 1.26. The molecule has 4 nitrogen and oxygen atoms in total. The second kappa shape index (κ2) is 7.54. The molecule has 1 N–H and O–H groups in total. The van der Waals surface area contributed by atoms with Gasteiger partial charge in [-0.1, -0.05) is 0 Å². The highest BCUT2D eigenvalue weighted by Gasteiger charge is 2.12. The fraction of sp³-hybridized carbons (Fsp3) is 0.786. The molecule has 0 saturated carbocycles. The van der Waals surface area contributed by atoms with Gasteiger partial charge in [-0.15, -0.1) is 0 Å². The fourth-order valence-electron chi connectivity index (χ4n) is 2.22. The van der Waals surface area contributed by atoms with Crippen LogP contribution >= 0.6 is 0 Å². The molecule has 0 saturated heterocycles. The Balaban J connectivity index is 2.25. The van der Waals surface area contributed by atoms with Crippen LogP contribution in [0.25, 0.3) is 0 Å². The Labute approximate surface area is 111 Å². The smallest absolute Gasteiger partial charge is 0.0534 e. The highest BCUT2D eigenvalue weighted by atomic mass is 15.3. The van der Waals surface area contributed by atoms with Crippen molar-refractivity contribution in [1.82, 2.24) is 20.0 Å². The lowest BCUT2D eigenvalue weighted by Crippen LogP contribution is -2.41. The minimum atomic E-state index is 0.606. The van der Waals surface area contributed by atoms with Gasteiger partial charge < -0.3 is 5.32 Å². The van der Waals surface area contributed by atoms with E-state index in [2.05, 4.69) is 56.1 Å². The topological polar surface area (TPSA) is 33.1 Å². The van der Waals surface area contributed by atoms with Gasteiger partial charge in [-0.05, 0) is 34.6 Å². The van der Waals surface area contributed by atoms with E-state index in [1.165, 1.54) is 5.56 Å². The van der Waals surface area contributed by atoms with Crippen molar-refractivity contribution in [3.05, 3.63) is 18.0 Å². The highest BCUT2D eigenvalue weighted by molar-refractivity contribution is 5.03. The van der Waals surface area contributed by atoms with Gasteiger partial charge in [-0.2, -0.15) is 5.10 Å². The van der Waals surface area contributed by atoms with Gasteiger partial charge in [0.25, 0.3) is 0 Å². The van der Waals surface area contributed by atoms with Crippen molar-refractivity contribution in [2.24, 2.45) is 0 Å². The Morgan fingerprint density at radius 3 is 2.44 bits per heavy atom. The fourth-order valence-corrected chi connectivity index (χ4v) is 2.22. The molecule has 104 valence electrons. The van der Waals surface area contributed by atoms with E-state index in [1.54, 1.807) is 0 Å². The third-order valence-electron chi connectivity index (χ3n) is 3.21. The largest absolute Gasteiger partial charge is 0.311 e. The zero-order chi connectivity index (χ0) is 13.5. The van der Waals surface area contributed by atoms with Crippen LogP contribution in [0.3, 0.4) is 0 Å². The van der Waals surface area contributed by atoms with Gasteiger partial charge in [-0.3, -0.25) is 9.58 Å². The minimum absolute atomic E-state index is 0.606. The van der Waals surface area contributed by atoms with Gasteiger partial charge in [0.05, 0.1) is 6.20 Å². The molecule has 0 radical (unpaired) electrons. The number of nitrogens with one attached hydrogen (secondary N) is 1. The molecule has 0 aromatic carbocycles. The molecule has 0 spiro atoms. The molecule has 0 amide bonds. The maximum atomic E-state index is 4.27. The molecule has 0 aliphatic heterocycles. The van der Waals surface area contributed by atoms with Crippen molar-refractivity contribution in [2.45, 2.75) is 59.8 Å². The van der Waals surface area contributed by atoms with Crippen LogP contribution in [-0.4, -0.2) is 39.9 Å². The molecule has 4 heteroatoms. The quantitative estimate of drug-likeness (QED) is 0.719. The van der Waals surface area contributed by atoms with Gasteiger partial charge >= 0.3 is 0 Å². The van der Waals surface area contributed by atoms with Crippen LogP contribution in [0, 0.1) is 0 Å². The normalized spacial score (nSPS) is 12.0. The first-order valence-electron chi connectivity index (χ1n) is 7.02. The molecule has 0 aliphatic rings. The van der Waals surface area contributed by atoms with Crippen molar-refractivity contribution < 1.29 is 0 Å². The maximum absolute atomic E-state index is 4.27. The molecule has 18 heavy (non-hydrogen) atoms. The Kier molecular flexibility index (Phi) is 6.36. The number of aromatic nitrogens is 2. The summed E-state index contributed by atoms with van der Waals surface area (Å²) in [7, 11) is 0. The van der Waals surface area contributed by atoms with E-state index in [0.29, 0.717) is 12.1 Å². The van der Waals surface area contributed by atoms with E-state index < -0.39 is 0 Å². The lowest BCUT2D eigenvalue weighted by Gasteiger charge is -2.30. The van der Waals surface area contributed by atoms with Gasteiger partial charge in [-0.25, -0.2) is 0 Å². The third-order valence-corrected chi connectivity index (χ3v) is 3.21. The third kappa shape index (κ3) is 4.78. The van der Waals surface area contributed by atoms with Gasteiger partial charge in [0.2, 0.25) is 0 Å². The van der Waals surface area contributed by atoms with Crippen molar-refractivity contribution in [2.75, 3.05) is 13.1 Å². The lowest BCUT2D eigenvalue weighted by atomic mass is 10.2. The summed E-state index contributed by atoms with van der Waals surface area (Å²) in [5, 5.41) is 7.76. The van der Waals surface area contributed by atoms with Gasteiger partial charge in [0.15, 0.2) is 0 Å². The monoisotopic (exact) mass is 252 g/mol. The molecular weight excluding hydrogens is 224 g/mol. The first-order chi connectivity index (χ1) is 8.54. The Hall–Kier alpha value is -0.870. The van der Waals surface area contributed by atoms with Crippen LogP contribution in [0.2, 0.25) is 0 Å². The van der Waals surface area contributed by atoms with E-state index in [0.717, 1.165) is 26.2 Å². The summed E-state index contributed by atoms with van der Waals surface area (Å²) in [6.45, 7) is 15.1. The lowest BCUT2D eigenvalue weighted by molar-refractivity contribution is 0.176. The van der Waals surface area contributed by atoms with E-state index in [4.69, 9.17) is 0 Å². The van der Waals surface area contributed by atoms with Crippen LogP contribution in [-0.2, 0) is 13.1 Å². The molecule has 0 fully saturated rings. The zero-order valence-electron chi connectivity index (χ0n) is 12.5. The van der Waals surface area contributed by atoms with Crippen molar-refractivity contribution in [3.63, 3.8) is 0 Å². The highest BCUT2D eigenvalue weighted by Crippen LogP contribution is 2.03. The molecule has 0 aliphatic carbocycles.